The lowest BCUT2D eigenvalue weighted by Crippen LogP contribution is -2.50. The molecule has 2 atom stereocenters. The quantitative estimate of drug-likeness (QED) is 0.656. The summed E-state index contributed by atoms with van der Waals surface area (Å²) in [6.45, 7) is 5.98. The smallest absolute Gasteiger partial charge is 0.407 e. The minimum Gasteiger partial charge on any atom is -0.465 e. The highest BCUT2D eigenvalue weighted by Gasteiger charge is 2.45. The number of fused-ring (bicyclic) bond motifs is 2. The summed E-state index contributed by atoms with van der Waals surface area (Å²) in [4.78, 5) is 14.8. The van der Waals surface area contributed by atoms with Gasteiger partial charge in [0.2, 0.25) is 0 Å². The van der Waals surface area contributed by atoms with Crippen LogP contribution in [-0.2, 0) is 0 Å². The molecule has 1 amide bonds. The van der Waals surface area contributed by atoms with Crippen LogP contribution in [0.3, 0.4) is 0 Å². The van der Waals surface area contributed by atoms with Gasteiger partial charge < -0.3 is 10.0 Å². The van der Waals surface area contributed by atoms with Crippen LogP contribution in [0.25, 0.3) is 0 Å². The maximum Gasteiger partial charge on any atom is 0.407 e. The first-order valence-electron chi connectivity index (χ1n) is 4.85. The minimum atomic E-state index is -0.754. The van der Waals surface area contributed by atoms with Gasteiger partial charge in [0.05, 0.1) is 0 Å². The van der Waals surface area contributed by atoms with Gasteiger partial charge in [0.25, 0.3) is 0 Å². The first kappa shape index (κ1) is 8.81. The molecule has 2 heterocycles. The molecular formula is C9H16N2O2. The van der Waals surface area contributed by atoms with Crippen LogP contribution in [0.15, 0.2) is 0 Å². The molecule has 0 aromatic rings. The van der Waals surface area contributed by atoms with E-state index < -0.39 is 6.09 Å². The second-order valence-electron chi connectivity index (χ2n) is 4.27. The summed E-state index contributed by atoms with van der Waals surface area (Å²) in [6.07, 6.45) is 0.278. The van der Waals surface area contributed by atoms with Crippen molar-refractivity contribution in [3.05, 3.63) is 0 Å². The van der Waals surface area contributed by atoms with Crippen molar-refractivity contribution in [1.29, 1.82) is 0 Å². The van der Waals surface area contributed by atoms with E-state index in [0.717, 1.165) is 13.0 Å². The summed E-state index contributed by atoms with van der Waals surface area (Å²) < 4.78 is 0. The van der Waals surface area contributed by atoms with Crippen molar-refractivity contribution in [3.8, 4) is 0 Å². The topological polar surface area (TPSA) is 43.8 Å². The van der Waals surface area contributed by atoms with Crippen LogP contribution in [0, 0.1) is 0 Å². The number of piperazine rings is 1. The molecule has 2 fully saturated rings. The van der Waals surface area contributed by atoms with Crippen LogP contribution in [0.2, 0.25) is 0 Å². The van der Waals surface area contributed by atoms with Crippen molar-refractivity contribution < 1.29 is 9.90 Å². The van der Waals surface area contributed by atoms with Gasteiger partial charge in [-0.25, -0.2) is 4.79 Å². The molecule has 2 aliphatic rings. The summed E-state index contributed by atoms with van der Waals surface area (Å²) in [5, 5.41) is 8.87. The van der Waals surface area contributed by atoms with Crippen molar-refractivity contribution in [2.45, 2.75) is 38.4 Å². The van der Waals surface area contributed by atoms with E-state index in [9.17, 15) is 4.79 Å². The first-order chi connectivity index (χ1) is 6.09. The number of nitrogens with zero attached hydrogens (tertiary/aromatic N) is 2. The molecule has 2 bridgehead atoms. The lowest BCUT2D eigenvalue weighted by molar-refractivity contribution is 0.0900. The summed E-state index contributed by atoms with van der Waals surface area (Å²) in [7, 11) is 0. The van der Waals surface area contributed by atoms with Crippen LogP contribution >= 0.6 is 0 Å². The first-order valence-corrected chi connectivity index (χ1v) is 4.85. The molecule has 4 heteroatoms. The molecule has 0 spiro atoms. The van der Waals surface area contributed by atoms with E-state index in [1.807, 2.05) is 0 Å². The Bertz CT molecular complexity index is 230. The Morgan fingerprint density at radius 2 is 2.08 bits per heavy atom. The Hall–Kier alpha value is -0.770. The molecule has 0 aromatic carbocycles. The molecule has 0 aromatic heterocycles. The maximum absolute atomic E-state index is 10.8. The van der Waals surface area contributed by atoms with Crippen LogP contribution in [0.5, 0.6) is 0 Å². The van der Waals surface area contributed by atoms with Crippen LogP contribution < -0.4 is 0 Å². The normalized spacial score (nSPS) is 33.3. The minimum absolute atomic E-state index is 0.255. The Labute approximate surface area is 78.1 Å². The lowest BCUT2D eigenvalue weighted by atomic mass is 10.2. The second-order valence-corrected chi connectivity index (χ2v) is 4.27. The van der Waals surface area contributed by atoms with Crippen molar-refractivity contribution in [1.82, 2.24) is 9.80 Å². The van der Waals surface area contributed by atoms with Crippen molar-refractivity contribution in [2.75, 3.05) is 13.1 Å². The fourth-order valence-corrected chi connectivity index (χ4v) is 2.56. The molecule has 0 radical (unpaired) electrons. The zero-order valence-electron chi connectivity index (χ0n) is 8.10. The molecule has 0 aliphatic carbocycles. The van der Waals surface area contributed by atoms with Gasteiger partial charge in [-0.1, -0.05) is 0 Å². The van der Waals surface area contributed by atoms with Gasteiger partial charge in [-0.3, -0.25) is 4.90 Å². The fourth-order valence-electron chi connectivity index (χ4n) is 2.56. The lowest BCUT2D eigenvalue weighted by Gasteiger charge is -2.35. The molecule has 1 N–H and O–H groups in total. The van der Waals surface area contributed by atoms with Crippen LogP contribution in [0.4, 0.5) is 4.79 Å². The third kappa shape index (κ3) is 1.29. The van der Waals surface area contributed by atoms with Crippen LogP contribution in [0.1, 0.15) is 20.3 Å². The molecule has 4 nitrogen and oxygen atoms in total. The fraction of sp³-hybridized carbons (Fsp3) is 0.889. The Kier molecular flexibility index (Phi) is 1.95. The predicted molar refractivity (Wildman–Crippen MR) is 48.8 cm³/mol. The number of carboxylic acid groups (broad SMARTS) is 1. The van der Waals surface area contributed by atoms with Gasteiger partial charge in [0.15, 0.2) is 0 Å². The largest absolute Gasteiger partial charge is 0.465 e. The number of hydrogen-bond donors (Lipinski definition) is 1. The highest BCUT2D eigenvalue weighted by Crippen LogP contribution is 2.31. The van der Waals surface area contributed by atoms with Gasteiger partial charge in [0, 0.05) is 31.2 Å². The zero-order chi connectivity index (χ0) is 9.59. The standard InChI is InChI=1S/C9H16N2O2/c1-6(2)10-4-8-3-7(10)5-11(8)9(12)13/h6-8H,3-5H2,1-2H3,(H,12,13)/t7-,8-/m0/s1. The highest BCUT2D eigenvalue weighted by atomic mass is 16.4. The third-order valence-electron chi connectivity index (χ3n) is 3.19. The van der Waals surface area contributed by atoms with E-state index in [1.165, 1.54) is 0 Å². The summed E-state index contributed by atoms with van der Waals surface area (Å²) in [5.41, 5.74) is 0. The average Bonchev–Trinajstić information content (AvgIpc) is 2.60. The SMILES string of the molecule is CC(C)N1C[C@@H]2C[C@H]1CN2C(=O)O. The van der Waals surface area contributed by atoms with Crippen molar-refractivity contribution >= 4 is 6.09 Å². The van der Waals surface area contributed by atoms with Gasteiger partial charge in [0.1, 0.15) is 0 Å². The number of hydrogen-bond acceptors (Lipinski definition) is 2. The van der Waals surface area contributed by atoms with Gasteiger partial charge in [-0.2, -0.15) is 0 Å². The van der Waals surface area contributed by atoms with Crippen molar-refractivity contribution in [2.24, 2.45) is 0 Å². The number of carbonyl (C=O) groups is 1. The molecule has 74 valence electrons. The predicted octanol–water partition coefficient (Wildman–Crippen LogP) is 0.831. The molecule has 2 saturated heterocycles. The molecule has 2 rings (SSSR count). The number of likely N-dealkylation sites (tertiary alicyclic amines) is 2. The number of amides is 1. The van der Waals surface area contributed by atoms with E-state index in [4.69, 9.17) is 5.11 Å². The molecule has 0 unspecified atom stereocenters. The summed E-state index contributed by atoms with van der Waals surface area (Å²) >= 11 is 0. The monoisotopic (exact) mass is 184 g/mol. The summed E-state index contributed by atoms with van der Waals surface area (Å²) in [5.74, 6) is 0. The molecular weight excluding hydrogens is 168 g/mol. The van der Waals surface area contributed by atoms with E-state index in [2.05, 4.69) is 18.7 Å². The van der Waals surface area contributed by atoms with E-state index >= 15 is 0 Å². The second kappa shape index (κ2) is 2.87. The highest BCUT2D eigenvalue weighted by molar-refractivity contribution is 5.66. The zero-order valence-corrected chi connectivity index (χ0v) is 8.10. The maximum atomic E-state index is 10.8. The average molecular weight is 184 g/mol. The van der Waals surface area contributed by atoms with Gasteiger partial charge in [-0.15, -0.1) is 0 Å². The van der Waals surface area contributed by atoms with E-state index in [1.54, 1.807) is 4.90 Å². The number of rotatable bonds is 1. The Morgan fingerprint density at radius 3 is 2.46 bits per heavy atom. The molecule has 2 aliphatic heterocycles. The molecule has 13 heavy (non-hydrogen) atoms. The van der Waals surface area contributed by atoms with Crippen molar-refractivity contribution in [3.63, 3.8) is 0 Å². The van der Waals surface area contributed by atoms with Gasteiger partial charge >= 0.3 is 6.09 Å². The van der Waals surface area contributed by atoms with Crippen LogP contribution in [-0.4, -0.2) is 52.2 Å². The third-order valence-corrected chi connectivity index (χ3v) is 3.19. The Morgan fingerprint density at radius 1 is 1.38 bits per heavy atom. The summed E-state index contributed by atoms with van der Waals surface area (Å²) in [6, 6.07) is 1.27. The van der Waals surface area contributed by atoms with E-state index in [-0.39, 0.29) is 6.04 Å². The van der Waals surface area contributed by atoms with Gasteiger partial charge in [-0.05, 0) is 20.3 Å². The van der Waals surface area contributed by atoms with E-state index in [0.29, 0.717) is 18.6 Å². The Balaban J connectivity index is 2.03. The molecule has 0 saturated carbocycles.